The molecule has 1 fully saturated rings. The zero-order chi connectivity index (χ0) is 21.3. The van der Waals surface area contributed by atoms with E-state index in [4.69, 9.17) is 4.74 Å². The molecule has 8 nitrogen and oxygen atoms in total. The van der Waals surface area contributed by atoms with Crippen LogP contribution in [0.3, 0.4) is 0 Å². The third-order valence-electron chi connectivity index (χ3n) is 4.23. The maximum Gasteiger partial charge on any atom is 0.222 e. The minimum atomic E-state index is -3.02. The van der Waals surface area contributed by atoms with Crippen molar-refractivity contribution in [2.75, 3.05) is 31.1 Å². The normalized spacial score (nSPS) is 18.8. The summed E-state index contributed by atoms with van der Waals surface area (Å²) in [5.74, 6) is 0.567. The Kier molecular flexibility index (Phi) is 11.4. The maximum absolute atomic E-state index is 13.2. The van der Waals surface area contributed by atoms with Crippen LogP contribution in [0.15, 0.2) is 29.3 Å². The van der Waals surface area contributed by atoms with E-state index in [0.717, 1.165) is 0 Å². The first-order valence-electron chi connectivity index (χ1n) is 9.71. The number of hydrogen-bond donors (Lipinski definition) is 3. The lowest BCUT2D eigenvalue weighted by Gasteiger charge is -2.15. The fourth-order valence-electron chi connectivity index (χ4n) is 2.87. The second-order valence-electron chi connectivity index (χ2n) is 6.95. The van der Waals surface area contributed by atoms with Gasteiger partial charge in [-0.1, -0.05) is 6.07 Å². The van der Waals surface area contributed by atoms with E-state index in [-0.39, 0.29) is 65.8 Å². The number of benzene rings is 1. The van der Waals surface area contributed by atoms with Crippen molar-refractivity contribution < 1.29 is 22.3 Å². The fraction of sp³-hybridized carbons (Fsp3) is 0.579. The summed E-state index contributed by atoms with van der Waals surface area (Å²) >= 11 is 0. The molecular weight excluding hydrogens is 526 g/mol. The monoisotopic (exact) mass is 556 g/mol. The number of nitrogens with one attached hydrogen (secondary N) is 3. The Balaban J connectivity index is 0.00000450. The van der Waals surface area contributed by atoms with Gasteiger partial charge in [-0.15, -0.1) is 24.0 Å². The molecule has 170 valence electrons. The molecule has 0 saturated carbocycles. The largest absolute Gasteiger partial charge is 0.489 e. The van der Waals surface area contributed by atoms with Crippen LogP contribution < -0.4 is 20.7 Å². The molecule has 0 aromatic heterocycles. The summed E-state index contributed by atoms with van der Waals surface area (Å²) in [6.45, 7) is 5.11. The summed E-state index contributed by atoms with van der Waals surface area (Å²) in [5, 5.41) is 8.90. The van der Waals surface area contributed by atoms with Crippen molar-refractivity contribution >= 4 is 45.7 Å². The van der Waals surface area contributed by atoms with E-state index in [9.17, 15) is 17.6 Å². The molecule has 1 aromatic carbocycles. The van der Waals surface area contributed by atoms with E-state index >= 15 is 0 Å². The molecule has 1 amide bonds. The third-order valence-corrected chi connectivity index (χ3v) is 5.99. The smallest absolute Gasteiger partial charge is 0.222 e. The highest BCUT2D eigenvalue weighted by Crippen LogP contribution is 2.14. The van der Waals surface area contributed by atoms with E-state index < -0.39 is 9.84 Å². The summed E-state index contributed by atoms with van der Waals surface area (Å²) < 4.78 is 41.7. The number of aliphatic imine (C=N–C) groups is 1. The lowest BCUT2D eigenvalue weighted by Crippen LogP contribution is -2.41. The van der Waals surface area contributed by atoms with Crippen LogP contribution in [-0.4, -0.2) is 63.6 Å². The molecule has 1 saturated heterocycles. The van der Waals surface area contributed by atoms with Crippen LogP contribution in [0.4, 0.5) is 4.39 Å². The molecule has 1 aliphatic heterocycles. The van der Waals surface area contributed by atoms with Gasteiger partial charge in [0.05, 0.1) is 18.1 Å². The molecule has 2 atom stereocenters. The quantitative estimate of drug-likeness (QED) is 0.242. The summed E-state index contributed by atoms with van der Waals surface area (Å²) in [7, 11) is -3.02. The number of hydrogen-bond acceptors (Lipinski definition) is 5. The first-order chi connectivity index (χ1) is 13.8. The van der Waals surface area contributed by atoms with Crippen molar-refractivity contribution in [3.05, 3.63) is 30.1 Å². The minimum absolute atomic E-state index is 0. The number of sulfone groups is 1. The molecule has 0 aliphatic carbocycles. The van der Waals surface area contributed by atoms with Gasteiger partial charge < -0.3 is 20.7 Å². The fourth-order valence-corrected chi connectivity index (χ4v) is 4.55. The Bertz CT molecular complexity index is 823. The Morgan fingerprint density at radius 2 is 2.13 bits per heavy atom. The third kappa shape index (κ3) is 9.92. The standard InChI is InChI=1S/C19H29FN4O4S.HI/c1-3-21-19(23-12-14(2)28-17-6-4-5-15(20)11-17)22-9-7-18(25)24-16-8-10-29(26,27)13-16;/h4-6,11,14,16H,3,7-10,12-13H2,1-2H3,(H,24,25)(H2,21,22,23);1H. The number of guanidine groups is 1. The summed E-state index contributed by atoms with van der Waals surface area (Å²) in [6, 6.07) is 5.64. The van der Waals surface area contributed by atoms with Crippen LogP contribution in [0.1, 0.15) is 26.7 Å². The first-order valence-corrected chi connectivity index (χ1v) is 11.5. The molecular formula is C19H30FIN4O4S. The van der Waals surface area contributed by atoms with Crippen LogP contribution in [-0.2, 0) is 14.6 Å². The van der Waals surface area contributed by atoms with Crippen LogP contribution >= 0.6 is 24.0 Å². The van der Waals surface area contributed by atoms with Crippen molar-refractivity contribution in [3.63, 3.8) is 0 Å². The van der Waals surface area contributed by atoms with E-state index in [1.807, 2.05) is 13.8 Å². The molecule has 1 aromatic rings. The molecule has 2 rings (SSSR count). The van der Waals surface area contributed by atoms with Crippen LogP contribution in [0.2, 0.25) is 0 Å². The van der Waals surface area contributed by atoms with Crippen LogP contribution in [0.5, 0.6) is 5.75 Å². The van der Waals surface area contributed by atoms with Crippen LogP contribution in [0, 0.1) is 5.82 Å². The summed E-state index contributed by atoms with van der Waals surface area (Å²) in [5.41, 5.74) is 0. The molecule has 3 N–H and O–H groups in total. The van der Waals surface area contributed by atoms with Gasteiger partial charge in [0.15, 0.2) is 15.8 Å². The van der Waals surface area contributed by atoms with Gasteiger partial charge in [0.25, 0.3) is 0 Å². The Morgan fingerprint density at radius 1 is 1.37 bits per heavy atom. The lowest BCUT2D eigenvalue weighted by molar-refractivity contribution is -0.121. The number of rotatable bonds is 9. The number of carbonyl (C=O) groups excluding carboxylic acids is 1. The predicted octanol–water partition coefficient (Wildman–Crippen LogP) is 1.46. The first kappa shape index (κ1) is 26.4. The number of ether oxygens (including phenoxy) is 1. The van der Waals surface area contributed by atoms with Crippen LogP contribution in [0.25, 0.3) is 0 Å². The van der Waals surface area contributed by atoms with E-state index in [1.54, 1.807) is 12.1 Å². The van der Waals surface area contributed by atoms with E-state index in [0.29, 0.717) is 37.8 Å². The highest BCUT2D eigenvalue weighted by atomic mass is 127. The minimum Gasteiger partial charge on any atom is -0.489 e. The number of halogens is 2. The zero-order valence-electron chi connectivity index (χ0n) is 17.2. The number of amides is 1. The van der Waals surface area contributed by atoms with Gasteiger partial charge >= 0.3 is 0 Å². The maximum atomic E-state index is 13.2. The van der Waals surface area contributed by atoms with Gasteiger partial charge in [0.1, 0.15) is 17.7 Å². The summed E-state index contributed by atoms with van der Waals surface area (Å²) in [4.78, 5) is 16.4. The van der Waals surface area contributed by atoms with Gasteiger partial charge in [-0.3, -0.25) is 4.79 Å². The summed E-state index contributed by atoms with van der Waals surface area (Å²) in [6.07, 6.45) is 0.408. The molecule has 1 aliphatic rings. The van der Waals surface area contributed by atoms with Gasteiger partial charge in [0, 0.05) is 31.6 Å². The van der Waals surface area contributed by atoms with Gasteiger partial charge in [-0.2, -0.15) is 0 Å². The average Bonchev–Trinajstić information content (AvgIpc) is 2.98. The topological polar surface area (TPSA) is 109 Å². The molecule has 1 heterocycles. The SMILES string of the molecule is CCNC(=NCC(C)Oc1cccc(F)c1)NCCC(=O)NC1CCS(=O)(=O)C1.I. The highest BCUT2D eigenvalue weighted by molar-refractivity contribution is 14.0. The lowest BCUT2D eigenvalue weighted by atomic mass is 10.2. The van der Waals surface area contributed by atoms with E-state index in [1.165, 1.54) is 12.1 Å². The number of carbonyl (C=O) groups is 1. The second-order valence-corrected chi connectivity index (χ2v) is 9.18. The Morgan fingerprint density at radius 3 is 2.77 bits per heavy atom. The molecule has 0 spiro atoms. The van der Waals surface area contributed by atoms with E-state index in [2.05, 4.69) is 20.9 Å². The molecule has 30 heavy (non-hydrogen) atoms. The molecule has 0 radical (unpaired) electrons. The predicted molar refractivity (Wildman–Crippen MR) is 126 cm³/mol. The van der Waals surface area contributed by atoms with Crippen molar-refractivity contribution in [1.82, 2.24) is 16.0 Å². The Hall–Kier alpha value is -1.63. The Labute approximate surface area is 194 Å². The number of nitrogens with zero attached hydrogens (tertiary/aromatic N) is 1. The molecule has 2 unspecified atom stereocenters. The van der Waals surface area contributed by atoms with Crippen molar-refractivity contribution in [2.45, 2.75) is 38.8 Å². The van der Waals surface area contributed by atoms with Gasteiger partial charge in [-0.05, 0) is 32.4 Å². The van der Waals surface area contributed by atoms with Crippen molar-refractivity contribution in [2.24, 2.45) is 4.99 Å². The highest BCUT2D eigenvalue weighted by Gasteiger charge is 2.28. The van der Waals surface area contributed by atoms with Crippen molar-refractivity contribution in [1.29, 1.82) is 0 Å². The average molecular weight is 556 g/mol. The zero-order valence-corrected chi connectivity index (χ0v) is 20.3. The molecule has 0 bridgehead atoms. The molecule has 11 heteroatoms. The van der Waals surface area contributed by atoms with Gasteiger partial charge in [0.2, 0.25) is 5.91 Å². The van der Waals surface area contributed by atoms with Gasteiger partial charge in [-0.25, -0.2) is 17.8 Å². The van der Waals surface area contributed by atoms with Crippen molar-refractivity contribution in [3.8, 4) is 5.75 Å². The second kappa shape index (κ2) is 12.9.